The van der Waals surface area contributed by atoms with E-state index in [9.17, 15) is 9.90 Å². The van der Waals surface area contributed by atoms with Gasteiger partial charge in [0.1, 0.15) is 5.69 Å². The van der Waals surface area contributed by atoms with Crippen molar-refractivity contribution in [3.63, 3.8) is 0 Å². The molecule has 8 nitrogen and oxygen atoms in total. The van der Waals surface area contributed by atoms with Crippen molar-refractivity contribution in [2.75, 3.05) is 35.0 Å². The maximum absolute atomic E-state index is 11.7. The lowest BCUT2D eigenvalue weighted by Crippen LogP contribution is -2.05. The quantitative estimate of drug-likeness (QED) is 0.623. The van der Waals surface area contributed by atoms with Gasteiger partial charge in [-0.25, -0.2) is 4.79 Å². The molecule has 4 N–H and O–H groups in total. The first-order valence-corrected chi connectivity index (χ1v) is 7.99. The van der Waals surface area contributed by atoms with Crippen molar-refractivity contribution in [3.05, 3.63) is 29.1 Å². The van der Waals surface area contributed by atoms with Gasteiger partial charge in [0, 0.05) is 30.5 Å². The van der Waals surface area contributed by atoms with Gasteiger partial charge in [0.2, 0.25) is 5.75 Å². The predicted molar refractivity (Wildman–Crippen MR) is 96.3 cm³/mol. The van der Waals surface area contributed by atoms with Crippen LogP contribution in [0.25, 0.3) is 11.1 Å². The molecule has 0 aliphatic rings. The number of aromatic carboxylic acids is 1. The molecule has 0 saturated heterocycles. The second-order valence-electron chi connectivity index (χ2n) is 5.47. The molecule has 1 aromatic heterocycles. The number of aromatic nitrogens is 1. The van der Waals surface area contributed by atoms with Crippen molar-refractivity contribution < 1.29 is 28.8 Å². The van der Waals surface area contributed by atoms with Crippen LogP contribution in [0.1, 0.15) is 21.7 Å². The third-order valence-corrected chi connectivity index (χ3v) is 4.13. The minimum Gasteiger partial charge on any atom is -0.493 e. The molecule has 0 radical (unpaired) electrons. The van der Waals surface area contributed by atoms with E-state index in [0.29, 0.717) is 52.7 Å². The zero-order valence-electron chi connectivity index (χ0n) is 15.3. The topological polar surface area (TPSA) is 116 Å². The zero-order valence-corrected chi connectivity index (χ0v) is 15.3. The van der Waals surface area contributed by atoms with Crippen molar-refractivity contribution in [1.29, 1.82) is 0 Å². The van der Waals surface area contributed by atoms with Crippen LogP contribution in [0.5, 0.6) is 17.2 Å². The summed E-state index contributed by atoms with van der Waals surface area (Å²) in [7, 11) is 6.13. The van der Waals surface area contributed by atoms with Gasteiger partial charge in [-0.05, 0) is 24.1 Å². The molecule has 0 atom stereocenters. The smallest absolute Gasteiger partial charge is 0.352 e. The van der Waals surface area contributed by atoms with Crippen molar-refractivity contribution in [2.24, 2.45) is 5.73 Å². The van der Waals surface area contributed by atoms with E-state index in [0.717, 1.165) is 0 Å². The van der Waals surface area contributed by atoms with Crippen LogP contribution in [0.15, 0.2) is 12.1 Å². The Kier molecular flexibility index (Phi) is 6.48. The fraction of sp³-hybridized carbons (Fsp3) is 0.389. The fourth-order valence-electron chi connectivity index (χ4n) is 3.01. The van der Waals surface area contributed by atoms with Gasteiger partial charge in [-0.2, -0.15) is 0 Å². The van der Waals surface area contributed by atoms with E-state index >= 15 is 0 Å². The SMILES string of the molecule is COCCc1c(C(=O)O)[nH]c(CN)c1-c1ccc(OC)c(OC)c1OC. The van der Waals surface area contributed by atoms with E-state index in [1.54, 1.807) is 19.2 Å². The largest absolute Gasteiger partial charge is 0.493 e. The maximum atomic E-state index is 11.7. The second-order valence-corrected chi connectivity index (χ2v) is 5.47. The van der Waals surface area contributed by atoms with Crippen LogP contribution in [0.2, 0.25) is 0 Å². The molecule has 0 aliphatic heterocycles. The van der Waals surface area contributed by atoms with Crippen LogP contribution >= 0.6 is 0 Å². The molecule has 8 heteroatoms. The maximum Gasteiger partial charge on any atom is 0.352 e. The number of rotatable bonds is 9. The highest BCUT2D eigenvalue weighted by molar-refractivity contribution is 5.93. The van der Waals surface area contributed by atoms with Gasteiger partial charge in [-0.15, -0.1) is 0 Å². The van der Waals surface area contributed by atoms with Crippen molar-refractivity contribution in [2.45, 2.75) is 13.0 Å². The Morgan fingerprint density at radius 1 is 1.12 bits per heavy atom. The summed E-state index contributed by atoms with van der Waals surface area (Å²) in [5.41, 5.74) is 8.50. The van der Waals surface area contributed by atoms with E-state index < -0.39 is 5.97 Å². The van der Waals surface area contributed by atoms with E-state index in [-0.39, 0.29) is 12.2 Å². The minimum absolute atomic E-state index is 0.0920. The summed E-state index contributed by atoms with van der Waals surface area (Å²) in [6, 6.07) is 3.54. The Balaban J connectivity index is 2.80. The lowest BCUT2D eigenvalue weighted by Gasteiger charge is -2.17. The number of nitrogens with two attached hydrogens (primary N) is 1. The molecule has 1 heterocycles. The number of H-pyrrole nitrogens is 1. The third kappa shape index (κ3) is 3.47. The number of benzene rings is 1. The van der Waals surface area contributed by atoms with Gasteiger partial charge < -0.3 is 34.8 Å². The number of carbonyl (C=O) groups is 1. The standard InChI is InChI=1S/C18H24N2O6/c1-23-8-7-10-14(12(9-19)20-15(10)18(21)22)11-5-6-13(24-2)17(26-4)16(11)25-3/h5-6,20H,7-9,19H2,1-4H3,(H,21,22). The van der Waals surface area contributed by atoms with Crippen molar-refractivity contribution >= 4 is 5.97 Å². The summed E-state index contributed by atoms with van der Waals surface area (Å²) in [4.78, 5) is 14.6. The highest BCUT2D eigenvalue weighted by Gasteiger charge is 2.26. The van der Waals surface area contributed by atoms with Gasteiger partial charge in [-0.1, -0.05) is 0 Å². The van der Waals surface area contributed by atoms with E-state index in [1.807, 2.05) is 0 Å². The molecule has 0 amide bonds. The molecule has 0 unspecified atom stereocenters. The summed E-state index contributed by atoms with van der Waals surface area (Å²) >= 11 is 0. The summed E-state index contributed by atoms with van der Waals surface area (Å²) in [5.74, 6) is 0.314. The zero-order chi connectivity index (χ0) is 19.3. The van der Waals surface area contributed by atoms with E-state index in [4.69, 9.17) is 24.7 Å². The molecule has 0 saturated carbocycles. The molecule has 0 bridgehead atoms. The fourth-order valence-corrected chi connectivity index (χ4v) is 3.01. The third-order valence-electron chi connectivity index (χ3n) is 4.13. The van der Waals surface area contributed by atoms with Gasteiger partial charge >= 0.3 is 5.97 Å². The van der Waals surface area contributed by atoms with E-state index in [2.05, 4.69) is 4.98 Å². The van der Waals surface area contributed by atoms with Crippen molar-refractivity contribution in [3.8, 4) is 28.4 Å². The first kappa shape index (κ1) is 19.6. The number of aromatic amines is 1. The number of carboxylic acids is 1. The minimum atomic E-state index is -1.06. The van der Waals surface area contributed by atoms with Gasteiger partial charge in [0.25, 0.3) is 0 Å². The second kappa shape index (κ2) is 8.59. The van der Waals surface area contributed by atoms with Crippen LogP contribution in [-0.2, 0) is 17.7 Å². The van der Waals surface area contributed by atoms with Crippen LogP contribution in [-0.4, -0.2) is 51.1 Å². The molecular weight excluding hydrogens is 340 g/mol. The lowest BCUT2D eigenvalue weighted by molar-refractivity contribution is 0.0689. The molecule has 0 aliphatic carbocycles. The number of hydrogen-bond acceptors (Lipinski definition) is 6. The Hall–Kier alpha value is -2.71. The Morgan fingerprint density at radius 3 is 2.31 bits per heavy atom. The van der Waals surface area contributed by atoms with Crippen molar-refractivity contribution in [1.82, 2.24) is 4.98 Å². The monoisotopic (exact) mass is 364 g/mol. The first-order valence-electron chi connectivity index (χ1n) is 7.99. The first-order chi connectivity index (χ1) is 12.5. The van der Waals surface area contributed by atoms with Crippen LogP contribution in [0.3, 0.4) is 0 Å². The molecule has 2 aromatic rings. The number of nitrogens with one attached hydrogen (secondary N) is 1. The molecular formula is C18H24N2O6. The molecule has 1 aromatic carbocycles. The Bertz CT molecular complexity index is 784. The van der Waals surface area contributed by atoms with E-state index in [1.165, 1.54) is 21.3 Å². The molecule has 26 heavy (non-hydrogen) atoms. The number of ether oxygens (including phenoxy) is 4. The highest BCUT2D eigenvalue weighted by Crippen LogP contribution is 2.46. The van der Waals surface area contributed by atoms with Crippen LogP contribution < -0.4 is 19.9 Å². The lowest BCUT2D eigenvalue weighted by atomic mass is 9.96. The normalized spacial score (nSPS) is 10.7. The predicted octanol–water partition coefficient (Wildman–Crippen LogP) is 2.05. The highest BCUT2D eigenvalue weighted by atomic mass is 16.5. The summed E-state index contributed by atoms with van der Waals surface area (Å²) in [5, 5.41) is 9.57. The molecule has 142 valence electrons. The Labute approximate surface area is 151 Å². The summed E-state index contributed by atoms with van der Waals surface area (Å²) < 4.78 is 21.4. The van der Waals surface area contributed by atoms with Crippen LogP contribution in [0.4, 0.5) is 0 Å². The summed E-state index contributed by atoms with van der Waals surface area (Å²) in [6.45, 7) is 0.505. The number of carboxylic acid groups (broad SMARTS) is 1. The average Bonchev–Trinajstić information content (AvgIpc) is 3.03. The summed E-state index contributed by atoms with van der Waals surface area (Å²) in [6.07, 6.45) is 0.404. The van der Waals surface area contributed by atoms with Gasteiger partial charge in [0.15, 0.2) is 11.5 Å². The average molecular weight is 364 g/mol. The number of methoxy groups -OCH3 is 4. The Morgan fingerprint density at radius 2 is 1.81 bits per heavy atom. The molecule has 0 fully saturated rings. The molecule has 2 rings (SSSR count). The number of hydrogen-bond donors (Lipinski definition) is 3. The van der Waals surface area contributed by atoms with Gasteiger partial charge in [0.05, 0.1) is 27.9 Å². The molecule has 0 spiro atoms. The van der Waals surface area contributed by atoms with Gasteiger partial charge in [-0.3, -0.25) is 0 Å². The van der Waals surface area contributed by atoms with Crippen LogP contribution in [0, 0.1) is 0 Å².